The van der Waals surface area contributed by atoms with Gasteiger partial charge in [-0.2, -0.15) is 0 Å². The van der Waals surface area contributed by atoms with Crippen LogP contribution in [0.25, 0.3) is 4.91 Å². The van der Waals surface area contributed by atoms with Gasteiger partial charge in [0.15, 0.2) is 0 Å². The Balaban J connectivity index is 2.32. The summed E-state index contributed by atoms with van der Waals surface area (Å²) in [6, 6.07) is 6.64. The summed E-state index contributed by atoms with van der Waals surface area (Å²) in [6.45, 7) is 4.17. The smallest absolute Gasteiger partial charge is 0.123 e. The Bertz CT molecular complexity index is 369. The first-order valence-corrected chi connectivity index (χ1v) is 5.45. The highest BCUT2D eigenvalue weighted by Crippen LogP contribution is 2.37. The monoisotopic (exact) mass is 209 g/mol. The van der Waals surface area contributed by atoms with Crippen LogP contribution in [0.5, 0.6) is 0 Å². The molecule has 1 aliphatic rings. The zero-order chi connectivity index (χ0) is 10.1. The van der Waals surface area contributed by atoms with Gasteiger partial charge in [0, 0.05) is 10.6 Å². The van der Waals surface area contributed by atoms with E-state index in [-0.39, 0.29) is 5.82 Å². The number of nitrogens with one attached hydrogen (secondary N) is 1. The van der Waals surface area contributed by atoms with Crippen molar-refractivity contribution in [2.24, 2.45) is 0 Å². The number of rotatable bonds is 1. The molecule has 1 unspecified atom stereocenters. The van der Waals surface area contributed by atoms with E-state index >= 15 is 0 Å². The number of hydrogen-bond acceptors (Lipinski definition) is 2. The summed E-state index contributed by atoms with van der Waals surface area (Å²) >= 11 is 1.78. The van der Waals surface area contributed by atoms with Crippen LogP contribution in [0, 0.1) is 5.82 Å². The fourth-order valence-corrected chi connectivity index (χ4v) is 2.65. The first-order chi connectivity index (χ1) is 6.66. The predicted octanol–water partition coefficient (Wildman–Crippen LogP) is 3.20. The van der Waals surface area contributed by atoms with E-state index in [1.807, 2.05) is 12.1 Å². The molecule has 1 aliphatic heterocycles. The highest BCUT2D eigenvalue weighted by atomic mass is 32.2. The van der Waals surface area contributed by atoms with Gasteiger partial charge in [0.05, 0.1) is 5.37 Å². The normalized spacial score (nSPS) is 21.2. The third kappa shape index (κ3) is 1.77. The molecule has 0 bridgehead atoms. The second-order valence-corrected chi connectivity index (χ2v) is 4.72. The van der Waals surface area contributed by atoms with Crippen molar-refractivity contribution in [2.75, 3.05) is 0 Å². The summed E-state index contributed by atoms with van der Waals surface area (Å²) in [5.74, 6) is -0.184. The van der Waals surface area contributed by atoms with Gasteiger partial charge in [-0.15, -0.1) is 0 Å². The topological polar surface area (TPSA) is 12.0 Å². The zero-order valence-corrected chi connectivity index (χ0v) is 8.99. The SMILES string of the molecule is CC1=C(c2ccc(F)cc2)SC(C)N1. The molecule has 0 aromatic heterocycles. The average molecular weight is 209 g/mol. The van der Waals surface area contributed by atoms with Gasteiger partial charge in [-0.1, -0.05) is 23.9 Å². The molecule has 1 nitrogen and oxygen atoms in total. The van der Waals surface area contributed by atoms with Crippen LogP contribution in [0.15, 0.2) is 30.0 Å². The van der Waals surface area contributed by atoms with Gasteiger partial charge in [-0.25, -0.2) is 4.39 Å². The molecule has 0 saturated heterocycles. The second-order valence-electron chi connectivity index (χ2n) is 3.37. The summed E-state index contributed by atoms with van der Waals surface area (Å²) in [5, 5.41) is 3.74. The van der Waals surface area contributed by atoms with Gasteiger partial charge in [0.1, 0.15) is 5.82 Å². The van der Waals surface area contributed by atoms with E-state index in [9.17, 15) is 4.39 Å². The molecule has 2 rings (SSSR count). The minimum absolute atomic E-state index is 0.184. The number of thioether (sulfide) groups is 1. The Labute approximate surface area is 87.4 Å². The Morgan fingerprint density at radius 3 is 2.43 bits per heavy atom. The third-order valence-corrected chi connectivity index (χ3v) is 3.41. The lowest BCUT2D eigenvalue weighted by molar-refractivity contribution is 0.627. The standard InChI is InChI=1S/C11H12FNS/c1-7-11(14-8(2)13-7)9-3-5-10(12)6-4-9/h3-6,8,13H,1-2H3. The lowest BCUT2D eigenvalue weighted by Crippen LogP contribution is -2.14. The lowest BCUT2D eigenvalue weighted by Gasteiger charge is -2.02. The summed E-state index contributed by atoms with van der Waals surface area (Å²) < 4.78 is 12.7. The summed E-state index contributed by atoms with van der Waals surface area (Å²) in [7, 11) is 0. The molecule has 0 saturated carbocycles. The molecule has 1 aromatic carbocycles. The van der Waals surface area contributed by atoms with Crippen molar-refractivity contribution in [3.8, 4) is 0 Å². The van der Waals surface area contributed by atoms with Crippen molar-refractivity contribution in [1.82, 2.24) is 5.32 Å². The maximum Gasteiger partial charge on any atom is 0.123 e. The van der Waals surface area contributed by atoms with E-state index in [0.29, 0.717) is 5.37 Å². The molecule has 0 spiro atoms. The number of allylic oxidation sites excluding steroid dienone is 1. The Morgan fingerprint density at radius 1 is 1.29 bits per heavy atom. The minimum Gasteiger partial charge on any atom is -0.376 e. The van der Waals surface area contributed by atoms with E-state index in [1.165, 1.54) is 22.7 Å². The van der Waals surface area contributed by atoms with Crippen molar-refractivity contribution in [3.05, 3.63) is 41.3 Å². The van der Waals surface area contributed by atoms with Crippen LogP contribution in [0.2, 0.25) is 0 Å². The van der Waals surface area contributed by atoms with E-state index in [4.69, 9.17) is 0 Å². The van der Waals surface area contributed by atoms with Crippen molar-refractivity contribution >= 4 is 16.7 Å². The molecule has 0 fully saturated rings. The van der Waals surface area contributed by atoms with Gasteiger partial charge < -0.3 is 5.32 Å². The summed E-state index contributed by atoms with van der Waals surface area (Å²) in [4.78, 5) is 1.22. The average Bonchev–Trinajstić information content (AvgIpc) is 2.47. The molecular formula is C11H12FNS. The van der Waals surface area contributed by atoms with Crippen molar-refractivity contribution in [1.29, 1.82) is 0 Å². The number of benzene rings is 1. The molecule has 1 aromatic rings. The van der Waals surface area contributed by atoms with Gasteiger partial charge in [-0.05, 0) is 31.5 Å². The van der Waals surface area contributed by atoms with E-state index in [2.05, 4.69) is 19.2 Å². The molecule has 0 amide bonds. The van der Waals surface area contributed by atoms with Crippen molar-refractivity contribution in [2.45, 2.75) is 19.2 Å². The molecule has 1 atom stereocenters. The fourth-order valence-electron chi connectivity index (χ4n) is 1.55. The molecule has 14 heavy (non-hydrogen) atoms. The fraction of sp³-hybridized carbons (Fsp3) is 0.273. The van der Waals surface area contributed by atoms with Gasteiger partial charge >= 0.3 is 0 Å². The largest absolute Gasteiger partial charge is 0.376 e. The third-order valence-electron chi connectivity index (χ3n) is 2.16. The van der Waals surface area contributed by atoms with Gasteiger partial charge in [-0.3, -0.25) is 0 Å². The zero-order valence-electron chi connectivity index (χ0n) is 8.17. The van der Waals surface area contributed by atoms with Crippen LogP contribution >= 0.6 is 11.8 Å². The first kappa shape index (κ1) is 9.59. The molecular weight excluding hydrogens is 197 g/mol. The predicted molar refractivity (Wildman–Crippen MR) is 59.2 cm³/mol. The highest BCUT2D eigenvalue weighted by molar-refractivity contribution is 8.09. The summed E-state index contributed by atoms with van der Waals surface area (Å²) in [5.41, 5.74) is 2.26. The molecule has 1 N–H and O–H groups in total. The molecule has 74 valence electrons. The Hall–Kier alpha value is -0.960. The van der Waals surface area contributed by atoms with E-state index in [1.54, 1.807) is 11.8 Å². The van der Waals surface area contributed by atoms with Crippen molar-refractivity contribution in [3.63, 3.8) is 0 Å². The first-order valence-electron chi connectivity index (χ1n) is 4.57. The Kier molecular flexibility index (Phi) is 2.50. The van der Waals surface area contributed by atoms with E-state index in [0.717, 1.165) is 5.56 Å². The Morgan fingerprint density at radius 2 is 1.93 bits per heavy atom. The maximum absolute atomic E-state index is 12.7. The van der Waals surface area contributed by atoms with Crippen LogP contribution < -0.4 is 5.32 Å². The maximum atomic E-state index is 12.7. The molecule has 0 radical (unpaired) electrons. The molecule has 0 aliphatic carbocycles. The van der Waals surface area contributed by atoms with Crippen LogP contribution in [-0.4, -0.2) is 5.37 Å². The summed E-state index contributed by atoms with van der Waals surface area (Å²) in [6.07, 6.45) is 0. The van der Waals surface area contributed by atoms with Gasteiger partial charge in [0.2, 0.25) is 0 Å². The van der Waals surface area contributed by atoms with Crippen molar-refractivity contribution < 1.29 is 4.39 Å². The van der Waals surface area contributed by atoms with Crippen LogP contribution in [0.1, 0.15) is 19.4 Å². The van der Waals surface area contributed by atoms with Gasteiger partial charge in [0.25, 0.3) is 0 Å². The molecule has 3 heteroatoms. The minimum atomic E-state index is -0.184. The van der Waals surface area contributed by atoms with E-state index < -0.39 is 0 Å². The number of hydrogen-bond donors (Lipinski definition) is 1. The van der Waals surface area contributed by atoms with Crippen LogP contribution in [0.4, 0.5) is 4.39 Å². The number of halogens is 1. The highest BCUT2D eigenvalue weighted by Gasteiger charge is 2.18. The van der Waals surface area contributed by atoms with Crippen LogP contribution in [0.3, 0.4) is 0 Å². The second kappa shape index (κ2) is 3.65. The quantitative estimate of drug-likeness (QED) is 0.762. The molecule has 1 heterocycles. The lowest BCUT2D eigenvalue weighted by atomic mass is 10.2. The van der Waals surface area contributed by atoms with Crippen LogP contribution in [-0.2, 0) is 0 Å².